The third-order valence-corrected chi connectivity index (χ3v) is 4.74. The lowest BCUT2D eigenvalue weighted by Gasteiger charge is -2.13. The van der Waals surface area contributed by atoms with Gasteiger partial charge in [0.05, 0.1) is 0 Å². The molecule has 3 N–H and O–H groups in total. The van der Waals surface area contributed by atoms with Gasteiger partial charge < -0.3 is 5.32 Å². The molecule has 0 aromatic carbocycles. The number of anilines is 1. The summed E-state index contributed by atoms with van der Waals surface area (Å²) in [5.74, 6) is 3.23. The quantitative estimate of drug-likeness (QED) is 0.698. The third kappa shape index (κ3) is 2.66. The van der Waals surface area contributed by atoms with Crippen molar-refractivity contribution in [2.45, 2.75) is 44.6 Å². The second-order valence-electron chi connectivity index (χ2n) is 6.44. The molecule has 2 unspecified atom stereocenters. The highest BCUT2D eigenvalue weighted by atomic mass is 15.4. The normalized spacial score (nSPS) is 25.0. The van der Waals surface area contributed by atoms with Crippen molar-refractivity contribution in [3.63, 3.8) is 0 Å². The van der Waals surface area contributed by atoms with Crippen LogP contribution >= 0.6 is 0 Å². The van der Waals surface area contributed by atoms with E-state index < -0.39 is 0 Å². The van der Waals surface area contributed by atoms with E-state index >= 15 is 0 Å². The lowest BCUT2D eigenvalue weighted by atomic mass is 9.98. The largest absolute Gasteiger partial charge is 0.367 e. The smallest absolute Gasteiger partial charge is 0.203 e. The van der Waals surface area contributed by atoms with Gasteiger partial charge in [-0.1, -0.05) is 0 Å². The molecule has 0 radical (unpaired) electrons. The molecule has 7 heteroatoms. The summed E-state index contributed by atoms with van der Waals surface area (Å²) in [5, 5.41) is 12.1. The lowest BCUT2D eigenvalue weighted by Crippen LogP contribution is -2.28. The highest BCUT2D eigenvalue weighted by molar-refractivity contribution is 5.62. The van der Waals surface area contributed by atoms with Crippen LogP contribution in [0.5, 0.6) is 0 Å². The molecule has 7 nitrogen and oxygen atoms in total. The van der Waals surface area contributed by atoms with Crippen LogP contribution < -0.4 is 16.2 Å². The van der Waals surface area contributed by atoms with Crippen molar-refractivity contribution in [2.75, 3.05) is 18.4 Å². The fourth-order valence-electron chi connectivity index (χ4n) is 3.16. The van der Waals surface area contributed by atoms with Crippen molar-refractivity contribution in [3.8, 4) is 0 Å². The molecule has 3 heterocycles. The Morgan fingerprint density at radius 2 is 2.27 bits per heavy atom. The Hall–Kier alpha value is -1.73. The van der Waals surface area contributed by atoms with Gasteiger partial charge in [-0.25, -0.2) is 4.98 Å². The van der Waals surface area contributed by atoms with E-state index in [9.17, 15) is 0 Å². The molecule has 2 aromatic heterocycles. The number of rotatable bonds is 6. The molecule has 1 aliphatic heterocycles. The molecule has 4 rings (SSSR count). The van der Waals surface area contributed by atoms with Gasteiger partial charge in [0.2, 0.25) is 5.65 Å². The molecule has 0 amide bonds. The molecule has 2 aromatic rings. The van der Waals surface area contributed by atoms with Gasteiger partial charge in [0.25, 0.3) is 0 Å². The molecular weight excluding hydrogens is 278 g/mol. The molecule has 22 heavy (non-hydrogen) atoms. The zero-order chi connectivity index (χ0) is 14.9. The van der Waals surface area contributed by atoms with Crippen molar-refractivity contribution >= 4 is 11.5 Å². The van der Waals surface area contributed by atoms with E-state index in [-0.39, 0.29) is 0 Å². The zero-order valence-corrected chi connectivity index (χ0v) is 12.9. The van der Waals surface area contributed by atoms with Gasteiger partial charge in [-0.3, -0.25) is 15.3 Å². The molecule has 0 bridgehead atoms. The second kappa shape index (κ2) is 5.81. The monoisotopic (exact) mass is 301 g/mol. The van der Waals surface area contributed by atoms with E-state index in [2.05, 4.69) is 42.7 Å². The number of aromatic nitrogens is 4. The summed E-state index contributed by atoms with van der Waals surface area (Å²) in [6.07, 6.45) is 8.59. The van der Waals surface area contributed by atoms with Gasteiger partial charge in [-0.15, -0.1) is 10.2 Å². The fourth-order valence-corrected chi connectivity index (χ4v) is 3.16. The molecule has 1 saturated heterocycles. The standard InChI is InChI=1S/C15H23N7/c1-10-12(9-18-19-10)3-2-6-16-13-15-21-20-14(11-4-5-11)22(15)8-7-17-13/h7-8,10-12,18-19H,2-6,9H2,1H3,(H,16,17). The summed E-state index contributed by atoms with van der Waals surface area (Å²) >= 11 is 0. The summed E-state index contributed by atoms with van der Waals surface area (Å²) in [6, 6.07) is 0.555. The second-order valence-corrected chi connectivity index (χ2v) is 6.44. The number of hydrogen-bond donors (Lipinski definition) is 3. The van der Waals surface area contributed by atoms with Crippen LogP contribution in [0, 0.1) is 5.92 Å². The number of hydrazine groups is 1. The van der Waals surface area contributed by atoms with E-state index in [1.54, 1.807) is 0 Å². The van der Waals surface area contributed by atoms with Crippen molar-refractivity contribution in [1.82, 2.24) is 30.4 Å². The van der Waals surface area contributed by atoms with E-state index in [0.29, 0.717) is 17.9 Å². The molecule has 1 aliphatic carbocycles. The van der Waals surface area contributed by atoms with E-state index in [1.807, 2.05) is 12.4 Å². The average molecular weight is 301 g/mol. The molecule has 1 saturated carbocycles. The summed E-state index contributed by atoms with van der Waals surface area (Å²) in [5.41, 5.74) is 7.34. The van der Waals surface area contributed by atoms with Crippen LogP contribution in [-0.4, -0.2) is 38.7 Å². The predicted molar refractivity (Wildman–Crippen MR) is 84.6 cm³/mol. The Kier molecular flexibility index (Phi) is 3.67. The summed E-state index contributed by atoms with van der Waals surface area (Å²) in [7, 11) is 0. The Labute approximate surface area is 129 Å². The van der Waals surface area contributed by atoms with Crippen molar-refractivity contribution in [3.05, 3.63) is 18.2 Å². The lowest BCUT2D eigenvalue weighted by molar-refractivity contribution is 0.452. The minimum absolute atomic E-state index is 0.555. The Balaban J connectivity index is 1.37. The number of nitrogens with one attached hydrogen (secondary N) is 3. The van der Waals surface area contributed by atoms with E-state index in [0.717, 1.165) is 36.8 Å². The maximum absolute atomic E-state index is 4.43. The Bertz CT molecular complexity index is 648. The fraction of sp³-hybridized carbons (Fsp3) is 0.667. The third-order valence-electron chi connectivity index (χ3n) is 4.74. The topological polar surface area (TPSA) is 79.2 Å². The summed E-state index contributed by atoms with van der Waals surface area (Å²) < 4.78 is 2.08. The molecule has 2 atom stereocenters. The molecule has 0 spiro atoms. The Morgan fingerprint density at radius 3 is 3.05 bits per heavy atom. The number of fused-ring (bicyclic) bond motifs is 1. The van der Waals surface area contributed by atoms with Crippen LogP contribution in [0.25, 0.3) is 5.65 Å². The Morgan fingerprint density at radius 1 is 1.36 bits per heavy atom. The van der Waals surface area contributed by atoms with Gasteiger partial charge >= 0.3 is 0 Å². The van der Waals surface area contributed by atoms with Gasteiger partial charge in [0.1, 0.15) is 5.82 Å². The first-order chi connectivity index (χ1) is 10.8. The van der Waals surface area contributed by atoms with Crippen LogP contribution in [0.4, 0.5) is 5.82 Å². The van der Waals surface area contributed by atoms with Crippen LogP contribution in [0.3, 0.4) is 0 Å². The van der Waals surface area contributed by atoms with Crippen molar-refractivity contribution in [2.24, 2.45) is 5.92 Å². The first kappa shape index (κ1) is 13.9. The van der Waals surface area contributed by atoms with Crippen LogP contribution in [-0.2, 0) is 0 Å². The van der Waals surface area contributed by atoms with Gasteiger partial charge in [0.15, 0.2) is 5.82 Å². The highest BCUT2D eigenvalue weighted by Gasteiger charge is 2.29. The average Bonchev–Trinajstić information content (AvgIpc) is 3.15. The maximum atomic E-state index is 4.43. The first-order valence-corrected chi connectivity index (χ1v) is 8.25. The molecule has 118 valence electrons. The minimum atomic E-state index is 0.555. The number of nitrogens with zero attached hydrogens (tertiary/aromatic N) is 4. The van der Waals surface area contributed by atoms with Crippen molar-refractivity contribution < 1.29 is 0 Å². The predicted octanol–water partition coefficient (Wildman–Crippen LogP) is 1.31. The van der Waals surface area contributed by atoms with E-state index in [1.165, 1.54) is 19.3 Å². The van der Waals surface area contributed by atoms with Gasteiger partial charge in [0, 0.05) is 37.4 Å². The van der Waals surface area contributed by atoms with Gasteiger partial charge in [-0.2, -0.15) is 0 Å². The first-order valence-electron chi connectivity index (χ1n) is 8.25. The summed E-state index contributed by atoms with van der Waals surface area (Å²) in [4.78, 5) is 4.43. The maximum Gasteiger partial charge on any atom is 0.203 e. The van der Waals surface area contributed by atoms with Crippen LogP contribution in [0.15, 0.2) is 12.4 Å². The molecule has 2 fully saturated rings. The summed E-state index contributed by atoms with van der Waals surface area (Å²) in [6.45, 7) is 4.21. The highest BCUT2D eigenvalue weighted by Crippen LogP contribution is 2.39. The molecular formula is C15H23N7. The van der Waals surface area contributed by atoms with Crippen LogP contribution in [0.1, 0.15) is 44.3 Å². The number of hydrogen-bond acceptors (Lipinski definition) is 6. The van der Waals surface area contributed by atoms with E-state index in [4.69, 9.17) is 0 Å². The van der Waals surface area contributed by atoms with Crippen LogP contribution in [0.2, 0.25) is 0 Å². The van der Waals surface area contributed by atoms with Crippen molar-refractivity contribution in [1.29, 1.82) is 0 Å². The van der Waals surface area contributed by atoms with Gasteiger partial charge in [-0.05, 0) is 38.5 Å². The molecule has 2 aliphatic rings. The zero-order valence-electron chi connectivity index (χ0n) is 12.9. The SMILES string of the molecule is CC1NNCC1CCCNc1nccn2c(C3CC3)nnc12. The minimum Gasteiger partial charge on any atom is -0.367 e.